The SMILES string of the molecule is CC12CCC3C(=CCC4CC(=O)CCC43C)C1CCC2=O. The van der Waals surface area contributed by atoms with Crippen molar-refractivity contribution in [3.05, 3.63) is 11.6 Å². The van der Waals surface area contributed by atoms with E-state index in [1.165, 1.54) is 0 Å². The number of rotatable bonds is 0. The Bertz CT molecular complexity index is 546. The maximum absolute atomic E-state index is 12.3. The van der Waals surface area contributed by atoms with Crippen LogP contribution in [0, 0.1) is 28.6 Å². The van der Waals surface area contributed by atoms with Crippen LogP contribution < -0.4 is 0 Å². The molecule has 0 aromatic carbocycles. The third kappa shape index (κ3) is 1.71. The fourth-order valence-electron chi connectivity index (χ4n) is 6.08. The van der Waals surface area contributed by atoms with Gasteiger partial charge in [0, 0.05) is 24.7 Å². The average molecular weight is 286 g/mol. The molecule has 2 nitrogen and oxygen atoms in total. The van der Waals surface area contributed by atoms with Crippen LogP contribution in [0.4, 0.5) is 0 Å². The molecule has 4 aliphatic carbocycles. The maximum atomic E-state index is 12.3. The zero-order chi connectivity index (χ0) is 14.8. The van der Waals surface area contributed by atoms with Crippen LogP contribution in [0.1, 0.15) is 65.2 Å². The van der Waals surface area contributed by atoms with Gasteiger partial charge in [-0.1, -0.05) is 25.5 Å². The standard InChI is InChI=1S/C19H26O2/c1-18-9-7-13(20)11-12(18)3-4-14-15-5-6-17(21)19(15,2)10-8-16(14)18/h4,12,15-16H,3,5-11H2,1-2H3. The van der Waals surface area contributed by atoms with Crippen molar-refractivity contribution < 1.29 is 9.59 Å². The van der Waals surface area contributed by atoms with Crippen molar-refractivity contribution in [2.45, 2.75) is 65.2 Å². The van der Waals surface area contributed by atoms with E-state index in [-0.39, 0.29) is 5.41 Å². The molecule has 2 heteroatoms. The molecule has 0 spiro atoms. The highest BCUT2D eigenvalue weighted by molar-refractivity contribution is 5.88. The second-order valence-corrected chi connectivity index (χ2v) is 8.41. The third-order valence-corrected chi connectivity index (χ3v) is 7.61. The number of carbonyl (C=O) groups excluding carboxylic acids is 2. The van der Waals surface area contributed by atoms with Crippen molar-refractivity contribution >= 4 is 11.6 Å². The van der Waals surface area contributed by atoms with Gasteiger partial charge >= 0.3 is 0 Å². The van der Waals surface area contributed by atoms with E-state index in [0.717, 1.165) is 51.4 Å². The zero-order valence-corrected chi connectivity index (χ0v) is 13.3. The lowest BCUT2D eigenvalue weighted by Crippen LogP contribution is -2.49. The van der Waals surface area contributed by atoms with Gasteiger partial charge in [-0.3, -0.25) is 9.59 Å². The lowest BCUT2D eigenvalue weighted by Gasteiger charge is -2.55. The van der Waals surface area contributed by atoms with Crippen molar-refractivity contribution in [1.29, 1.82) is 0 Å². The monoisotopic (exact) mass is 286 g/mol. The van der Waals surface area contributed by atoms with Crippen LogP contribution in [0.25, 0.3) is 0 Å². The number of Topliss-reactive ketones (excluding diaryl/α,β-unsaturated/α-hetero) is 2. The number of allylic oxidation sites excluding steroid dienone is 2. The van der Waals surface area contributed by atoms with Gasteiger partial charge in [0.2, 0.25) is 0 Å². The highest BCUT2D eigenvalue weighted by atomic mass is 16.1. The zero-order valence-electron chi connectivity index (χ0n) is 13.3. The summed E-state index contributed by atoms with van der Waals surface area (Å²) in [6, 6.07) is 0. The molecule has 0 heterocycles. The molecular formula is C19H26O2. The molecule has 4 aliphatic rings. The molecule has 3 fully saturated rings. The summed E-state index contributed by atoms with van der Waals surface area (Å²) in [5, 5.41) is 0. The summed E-state index contributed by atoms with van der Waals surface area (Å²) in [5.74, 6) is 2.64. The molecule has 0 aromatic rings. The molecule has 21 heavy (non-hydrogen) atoms. The second-order valence-electron chi connectivity index (χ2n) is 8.41. The molecule has 0 aliphatic heterocycles. The molecule has 3 saturated carbocycles. The van der Waals surface area contributed by atoms with Crippen LogP contribution in [-0.2, 0) is 9.59 Å². The van der Waals surface area contributed by atoms with Crippen LogP contribution >= 0.6 is 0 Å². The largest absolute Gasteiger partial charge is 0.300 e. The molecule has 0 saturated heterocycles. The second kappa shape index (κ2) is 4.30. The maximum Gasteiger partial charge on any atom is 0.139 e. The summed E-state index contributed by atoms with van der Waals surface area (Å²) in [5.41, 5.74) is 1.84. The summed E-state index contributed by atoms with van der Waals surface area (Å²) in [6.07, 6.45) is 10.2. The lowest BCUT2D eigenvalue weighted by atomic mass is 9.49. The highest BCUT2D eigenvalue weighted by Crippen LogP contribution is 2.63. The molecule has 0 radical (unpaired) electrons. The first kappa shape index (κ1) is 13.7. The van der Waals surface area contributed by atoms with E-state index in [0.29, 0.717) is 34.7 Å². The van der Waals surface area contributed by atoms with Gasteiger partial charge in [0.1, 0.15) is 11.6 Å². The van der Waals surface area contributed by atoms with Gasteiger partial charge in [0.15, 0.2) is 0 Å². The Morgan fingerprint density at radius 1 is 1.05 bits per heavy atom. The number of carbonyl (C=O) groups is 2. The van der Waals surface area contributed by atoms with Crippen molar-refractivity contribution in [1.82, 2.24) is 0 Å². The van der Waals surface area contributed by atoms with E-state index in [1.54, 1.807) is 5.57 Å². The summed E-state index contributed by atoms with van der Waals surface area (Å²) >= 11 is 0. The van der Waals surface area contributed by atoms with Crippen LogP contribution in [0.3, 0.4) is 0 Å². The Labute approximate surface area is 127 Å². The fraction of sp³-hybridized carbons (Fsp3) is 0.789. The normalized spacial score (nSPS) is 49.2. The summed E-state index contributed by atoms with van der Waals surface area (Å²) in [6.45, 7) is 4.64. The van der Waals surface area contributed by atoms with Crippen LogP contribution in [0.2, 0.25) is 0 Å². The van der Waals surface area contributed by atoms with Gasteiger partial charge in [-0.2, -0.15) is 0 Å². The number of hydrogen-bond acceptors (Lipinski definition) is 2. The van der Waals surface area contributed by atoms with E-state index in [2.05, 4.69) is 19.9 Å². The molecule has 4 rings (SSSR count). The number of fused-ring (bicyclic) bond motifs is 5. The van der Waals surface area contributed by atoms with Gasteiger partial charge in [0.25, 0.3) is 0 Å². The quantitative estimate of drug-likeness (QED) is 0.629. The van der Waals surface area contributed by atoms with Gasteiger partial charge in [0.05, 0.1) is 0 Å². The summed E-state index contributed by atoms with van der Waals surface area (Å²) in [7, 11) is 0. The van der Waals surface area contributed by atoms with E-state index in [4.69, 9.17) is 0 Å². The van der Waals surface area contributed by atoms with Crippen molar-refractivity contribution in [2.75, 3.05) is 0 Å². The van der Waals surface area contributed by atoms with Gasteiger partial charge in [-0.25, -0.2) is 0 Å². The Hall–Kier alpha value is -0.920. The average Bonchev–Trinajstić information content (AvgIpc) is 2.76. The Morgan fingerprint density at radius 2 is 1.86 bits per heavy atom. The molecule has 0 bridgehead atoms. The Kier molecular flexibility index (Phi) is 2.81. The number of ketones is 2. The van der Waals surface area contributed by atoms with Crippen molar-refractivity contribution in [3.63, 3.8) is 0 Å². The van der Waals surface area contributed by atoms with E-state index in [1.807, 2.05) is 0 Å². The van der Waals surface area contributed by atoms with Gasteiger partial charge in [-0.15, -0.1) is 0 Å². The van der Waals surface area contributed by atoms with Gasteiger partial charge in [-0.05, 0) is 55.3 Å². The van der Waals surface area contributed by atoms with Gasteiger partial charge < -0.3 is 0 Å². The van der Waals surface area contributed by atoms with E-state index in [9.17, 15) is 9.59 Å². The molecule has 0 amide bonds. The topological polar surface area (TPSA) is 34.1 Å². The van der Waals surface area contributed by atoms with Crippen molar-refractivity contribution in [2.24, 2.45) is 28.6 Å². The fourth-order valence-corrected chi connectivity index (χ4v) is 6.08. The van der Waals surface area contributed by atoms with Crippen LogP contribution in [0.5, 0.6) is 0 Å². The van der Waals surface area contributed by atoms with Crippen LogP contribution in [-0.4, -0.2) is 11.6 Å². The highest BCUT2D eigenvalue weighted by Gasteiger charge is 2.57. The minimum atomic E-state index is -0.0734. The Morgan fingerprint density at radius 3 is 2.67 bits per heavy atom. The molecule has 5 atom stereocenters. The number of hydrogen-bond donors (Lipinski definition) is 0. The van der Waals surface area contributed by atoms with E-state index < -0.39 is 0 Å². The Balaban J connectivity index is 1.72. The first-order valence-electron chi connectivity index (χ1n) is 8.70. The smallest absolute Gasteiger partial charge is 0.139 e. The lowest BCUT2D eigenvalue weighted by molar-refractivity contribution is -0.129. The molecular weight excluding hydrogens is 260 g/mol. The predicted octanol–water partition coefficient (Wildman–Crippen LogP) is 4.09. The summed E-state index contributed by atoms with van der Waals surface area (Å²) in [4.78, 5) is 24.2. The molecule has 0 aromatic heterocycles. The first-order valence-corrected chi connectivity index (χ1v) is 8.70. The molecule has 0 N–H and O–H groups in total. The van der Waals surface area contributed by atoms with Crippen molar-refractivity contribution in [3.8, 4) is 0 Å². The van der Waals surface area contributed by atoms with E-state index >= 15 is 0 Å². The summed E-state index contributed by atoms with van der Waals surface area (Å²) < 4.78 is 0. The predicted molar refractivity (Wildman–Crippen MR) is 81.7 cm³/mol. The molecule has 114 valence electrons. The van der Waals surface area contributed by atoms with Crippen LogP contribution in [0.15, 0.2) is 11.6 Å². The minimum absolute atomic E-state index is 0.0734. The molecule has 5 unspecified atom stereocenters. The first-order chi connectivity index (χ1) is 9.95. The third-order valence-electron chi connectivity index (χ3n) is 7.61. The minimum Gasteiger partial charge on any atom is -0.300 e.